The van der Waals surface area contributed by atoms with Crippen LogP contribution in [0.1, 0.15) is 48.9 Å². The Labute approximate surface area is 180 Å². The van der Waals surface area contributed by atoms with Gasteiger partial charge in [-0.05, 0) is 69.8 Å². The van der Waals surface area contributed by atoms with Crippen molar-refractivity contribution in [3.05, 3.63) is 35.0 Å². The predicted octanol–water partition coefficient (Wildman–Crippen LogP) is 3.83. The second kappa shape index (κ2) is 7.69. The molecule has 30 heavy (non-hydrogen) atoms. The lowest BCUT2D eigenvalue weighted by Gasteiger charge is -2.53. The minimum Gasteiger partial charge on any atom is -0.336 e. The summed E-state index contributed by atoms with van der Waals surface area (Å²) in [4.78, 5) is 18.4. The van der Waals surface area contributed by atoms with Crippen LogP contribution in [-0.4, -0.2) is 66.7 Å². The summed E-state index contributed by atoms with van der Waals surface area (Å²) in [6, 6.07) is 7.27. The third kappa shape index (κ3) is 3.18. The van der Waals surface area contributed by atoms with E-state index in [2.05, 4.69) is 51.7 Å². The lowest BCUT2D eigenvalue weighted by atomic mass is 9.65. The molecule has 5 nitrogen and oxygen atoms in total. The highest BCUT2D eigenvalue weighted by Crippen LogP contribution is 2.51. The number of nitrogens with one attached hydrogen (secondary N) is 1. The summed E-state index contributed by atoms with van der Waals surface area (Å²) < 4.78 is 2.07. The Hall–Kier alpha value is -1.85. The zero-order chi connectivity index (χ0) is 21.0. The summed E-state index contributed by atoms with van der Waals surface area (Å²) in [5.41, 5.74) is 5.13. The van der Waals surface area contributed by atoms with Crippen molar-refractivity contribution >= 4 is 16.9 Å². The van der Waals surface area contributed by atoms with Crippen LogP contribution >= 0.6 is 0 Å². The summed E-state index contributed by atoms with van der Waals surface area (Å²) in [5.74, 6) is 2.02. The Balaban J connectivity index is 1.63. The van der Waals surface area contributed by atoms with Gasteiger partial charge in [-0.15, -0.1) is 0 Å². The minimum absolute atomic E-state index is 0.0508. The van der Waals surface area contributed by atoms with Crippen molar-refractivity contribution in [2.75, 3.05) is 40.3 Å². The highest BCUT2D eigenvalue weighted by Gasteiger charge is 2.49. The Morgan fingerprint density at radius 1 is 1.27 bits per heavy atom. The summed E-state index contributed by atoms with van der Waals surface area (Å²) >= 11 is 0. The van der Waals surface area contributed by atoms with Crippen LogP contribution in [0.15, 0.2) is 18.2 Å². The molecule has 1 N–H and O–H groups in total. The van der Waals surface area contributed by atoms with Gasteiger partial charge in [0, 0.05) is 49.2 Å². The van der Waals surface area contributed by atoms with E-state index >= 15 is 0 Å². The lowest BCUT2D eigenvalue weighted by Crippen LogP contribution is -2.56. The van der Waals surface area contributed by atoms with E-state index < -0.39 is 0 Å². The number of amides is 1. The van der Waals surface area contributed by atoms with E-state index in [1.807, 2.05) is 14.1 Å². The molecule has 0 spiro atoms. The van der Waals surface area contributed by atoms with Crippen LogP contribution in [0.4, 0.5) is 4.79 Å². The Bertz CT molecular complexity index is 962. The zero-order valence-electron chi connectivity index (χ0n) is 18.9. The molecular weight excluding hydrogens is 372 g/mol. The van der Waals surface area contributed by atoms with Crippen molar-refractivity contribution in [1.29, 1.82) is 0 Å². The Morgan fingerprint density at radius 2 is 2.10 bits per heavy atom. The molecule has 162 valence electrons. The Kier molecular flexibility index (Phi) is 5.14. The van der Waals surface area contributed by atoms with Crippen molar-refractivity contribution in [2.24, 2.45) is 11.8 Å². The van der Waals surface area contributed by atoms with E-state index in [9.17, 15) is 4.79 Å². The number of fused-ring (bicyclic) bond motifs is 4. The third-order valence-corrected chi connectivity index (χ3v) is 7.86. The first-order valence-corrected chi connectivity index (χ1v) is 11.8. The second-order valence-corrected chi connectivity index (χ2v) is 10.1. The standard InChI is InChI=1S/C25H36N4O/c1-5-18-13-17-14-21-23(18)28(15-17)10-8-19-20-12-16(2)6-7-22(20)29(24(19)21)25(30)26-9-11-27(3)4/h6-7,12,17-18,21,23H,5,8-11,13-15H2,1-4H3,(H,26,30)/t17-,18-,21+,23?/m0/s1. The normalized spacial score (nSPS) is 29.8. The van der Waals surface area contributed by atoms with Gasteiger partial charge >= 0.3 is 6.03 Å². The maximum Gasteiger partial charge on any atom is 0.326 e. The Morgan fingerprint density at radius 3 is 2.87 bits per heavy atom. The molecule has 2 aromatic rings. The first-order chi connectivity index (χ1) is 14.5. The molecule has 4 heterocycles. The summed E-state index contributed by atoms with van der Waals surface area (Å²) in [5, 5.41) is 4.50. The minimum atomic E-state index is 0.0508. The fraction of sp³-hybridized carbons (Fsp3) is 0.640. The van der Waals surface area contributed by atoms with E-state index in [1.54, 1.807) is 0 Å². The smallest absolute Gasteiger partial charge is 0.326 e. The first-order valence-electron chi connectivity index (χ1n) is 11.8. The largest absolute Gasteiger partial charge is 0.336 e. The van der Waals surface area contributed by atoms with Gasteiger partial charge in [0.1, 0.15) is 0 Å². The number of benzene rings is 1. The highest BCUT2D eigenvalue weighted by atomic mass is 16.2. The molecule has 3 aliphatic heterocycles. The van der Waals surface area contributed by atoms with Gasteiger partial charge in [0.2, 0.25) is 0 Å². The fourth-order valence-electron chi connectivity index (χ4n) is 6.65. The number of nitrogens with zero attached hydrogens (tertiary/aromatic N) is 3. The lowest BCUT2D eigenvalue weighted by molar-refractivity contribution is -0.0138. The molecule has 3 fully saturated rings. The van der Waals surface area contributed by atoms with Crippen LogP contribution in [0.2, 0.25) is 0 Å². The molecule has 1 aliphatic carbocycles. The second-order valence-electron chi connectivity index (χ2n) is 10.1. The number of hydrogen-bond acceptors (Lipinski definition) is 3. The number of hydrogen-bond donors (Lipinski definition) is 1. The topological polar surface area (TPSA) is 40.5 Å². The number of aryl methyl sites for hydroxylation is 1. The van der Waals surface area contributed by atoms with Gasteiger partial charge in [-0.25, -0.2) is 4.79 Å². The van der Waals surface area contributed by atoms with Crippen molar-refractivity contribution in [3.63, 3.8) is 0 Å². The van der Waals surface area contributed by atoms with Gasteiger partial charge < -0.3 is 10.2 Å². The molecule has 1 saturated carbocycles. The first kappa shape index (κ1) is 20.1. The van der Waals surface area contributed by atoms with Crippen LogP contribution in [0.5, 0.6) is 0 Å². The third-order valence-electron chi connectivity index (χ3n) is 7.86. The van der Waals surface area contributed by atoms with Gasteiger partial charge in [-0.2, -0.15) is 0 Å². The number of carbonyl (C=O) groups excluding carboxylic acids is 1. The molecule has 5 atom stereocenters. The molecular formula is C25H36N4O. The summed E-state index contributed by atoms with van der Waals surface area (Å²) in [7, 11) is 4.09. The highest BCUT2D eigenvalue weighted by molar-refractivity contribution is 5.96. The molecule has 5 heteroatoms. The van der Waals surface area contributed by atoms with E-state index in [-0.39, 0.29) is 6.03 Å². The van der Waals surface area contributed by atoms with Crippen LogP contribution in [0.25, 0.3) is 10.9 Å². The fourth-order valence-corrected chi connectivity index (χ4v) is 6.65. The van der Waals surface area contributed by atoms with Crippen molar-refractivity contribution in [3.8, 4) is 0 Å². The number of likely N-dealkylation sites (N-methyl/N-ethyl adjacent to an activating group) is 1. The summed E-state index contributed by atoms with van der Waals surface area (Å²) in [6.07, 6.45) is 4.92. The number of piperidine rings is 2. The molecule has 2 unspecified atom stereocenters. The molecule has 4 bridgehead atoms. The molecule has 0 radical (unpaired) electrons. The van der Waals surface area contributed by atoms with Gasteiger partial charge in [0.25, 0.3) is 0 Å². The number of aromatic nitrogens is 1. The zero-order valence-corrected chi connectivity index (χ0v) is 18.9. The van der Waals surface area contributed by atoms with Crippen LogP contribution in [0.3, 0.4) is 0 Å². The van der Waals surface area contributed by atoms with Gasteiger partial charge in [0.15, 0.2) is 0 Å². The van der Waals surface area contributed by atoms with Crippen LogP contribution in [-0.2, 0) is 6.42 Å². The molecule has 1 aromatic carbocycles. The quantitative estimate of drug-likeness (QED) is 0.836. The molecule has 2 saturated heterocycles. The van der Waals surface area contributed by atoms with Gasteiger partial charge in [-0.1, -0.05) is 25.0 Å². The van der Waals surface area contributed by atoms with E-state index in [0.29, 0.717) is 18.5 Å². The van der Waals surface area contributed by atoms with Gasteiger partial charge in [0.05, 0.1) is 5.52 Å². The van der Waals surface area contributed by atoms with Gasteiger partial charge in [-0.3, -0.25) is 9.47 Å². The van der Waals surface area contributed by atoms with Crippen molar-refractivity contribution < 1.29 is 4.79 Å². The molecule has 1 amide bonds. The van der Waals surface area contributed by atoms with E-state index in [1.165, 1.54) is 48.0 Å². The van der Waals surface area contributed by atoms with E-state index in [0.717, 1.165) is 36.9 Å². The molecule has 1 aromatic heterocycles. The average molecular weight is 409 g/mol. The predicted molar refractivity (Wildman–Crippen MR) is 122 cm³/mol. The van der Waals surface area contributed by atoms with Crippen molar-refractivity contribution in [2.45, 2.75) is 51.5 Å². The summed E-state index contributed by atoms with van der Waals surface area (Å²) in [6.45, 7) is 8.43. The SMILES string of the molecule is CC[C@H]1C[C@H]2C[C@H]3c4c(c5cc(C)ccc5n4C(=O)NCCN(C)C)CCN(C2)C13. The number of rotatable bonds is 4. The van der Waals surface area contributed by atoms with Crippen molar-refractivity contribution in [1.82, 2.24) is 19.7 Å². The maximum absolute atomic E-state index is 13.5. The molecule has 4 aliphatic rings. The maximum atomic E-state index is 13.5. The number of carbonyl (C=O) groups is 1. The van der Waals surface area contributed by atoms with Crippen LogP contribution < -0.4 is 5.32 Å². The average Bonchev–Trinajstić information content (AvgIpc) is 2.99. The van der Waals surface area contributed by atoms with Crippen LogP contribution in [0, 0.1) is 18.8 Å². The van der Waals surface area contributed by atoms with E-state index in [4.69, 9.17) is 0 Å². The molecule has 6 rings (SSSR count). The monoisotopic (exact) mass is 408 g/mol.